The normalized spacial score (nSPS) is 17.0. The zero-order valence-electron chi connectivity index (χ0n) is 7.94. The first-order valence-corrected chi connectivity index (χ1v) is 4.60. The Balaban J connectivity index is 2.26. The molecular weight excluding hydrogens is 180 g/mol. The molecule has 1 aliphatic rings. The Bertz CT molecular complexity index is 323. The Kier molecular flexibility index (Phi) is 2.41. The summed E-state index contributed by atoms with van der Waals surface area (Å²) in [7, 11) is 0. The number of rotatable bonds is 1. The van der Waals surface area contributed by atoms with E-state index < -0.39 is 0 Å². The molecule has 0 radical (unpaired) electrons. The van der Waals surface area contributed by atoms with E-state index in [9.17, 15) is 0 Å². The van der Waals surface area contributed by atoms with Gasteiger partial charge < -0.3 is 21.1 Å². The predicted molar refractivity (Wildman–Crippen MR) is 56.1 cm³/mol. The average molecular weight is 194 g/mol. The van der Waals surface area contributed by atoms with Crippen LogP contribution in [0.15, 0.2) is 12.4 Å². The highest BCUT2D eigenvalue weighted by molar-refractivity contribution is 5.78. The lowest BCUT2D eigenvalue weighted by Gasteiger charge is -2.29. The van der Waals surface area contributed by atoms with Crippen LogP contribution in [0, 0.1) is 0 Å². The maximum atomic E-state index is 5.87. The van der Waals surface area contributed by atoms with Crippen LogP contribution in [0.5, 0.6) is 0 Å². The van der Waals surface area contributed by atoms with E-state index in [-0.39, 0.29) is 0 Å². The van der Waals surface area contributed by atoms with E-state index in [0.29, 0.717) is 11.4 Å². The summed E-state index contributed by atoms with van der Waals surface area (Å²) in [5, 5.41) is 0. The largest absolute Gasteiger partial charge is 0.396 e. The molecule has 0 amide bonds. The molecule has 1 aliphatic heterocycles. The first-order valence-electron chi connectivity index (χ1n) is 4.60. The minimum Gasteiger partial charge on any atom is -0.396 e. The predicted octanol–water partition coefficient (Wildman–Crippen LogP) is 0.0826. The van der Waals surface area contributed by atoms with Gasteiger partial charge in [0.05, 0.1) is 42.7 Å². The van der Waals surface area contributed by atoms with Gasteiger partial charge in [-0.3, -0.25) is 4.98 Å². The molecule has 0 aliphatic carbocycles. The maximum Gasteiger partial charge on any atom is 0.0817 e. The van der Waals surface area contributed by atoms with E-state index >= 15 is 0 Å². The van der Waals surface area contributed by atoms with Gasteiger partial charge >= 0.3 is 0 Å². The summed E-state index contributed by atoms with van der Waals surface area (Å²) < 4.78 is 5.26. The molecule has 0 aromatic carbocycles. The van der Waals surface area contributed by atoms with Crippen LogP contribution >= 0.6 is 0 Å². The van der Waals surface area contributed by atoms with Crippen molar-refractivity contribution in [2.24, 2.45) is 0 Å². The van der Waals surface area contributed by atoms with Crippen molar-refractivity contribution in [1.29, 1.82) is 0 Å². The second-order valence-electron chi connectivity index (χ2n) is 3.26. The Hall–Kier alpha value is -1.49. The molecule has 1 aromatic heterocycles. The summed E-state index contributed by atoms with van der Waals surface area (Å²) in [6.45, 7) is 3.15. The van der Waals surface area contributed by atoms with Gasteiger partial charge in [-0.15, -0.1) is 0 Å². The summed E-state index contributed by atoms with van der Waals surface area (Å²) in [5.41, 5.74) is 13.6. The number of morpholine rings is 1. The molecule has 0 bridgehead atoms. The number of pyridine rings is 1. The zero-order chi connectivity index (χ0) is 9.97. The van der Waals surface area contributed by atoms with Crippen molar-refractivity contribution in [3.05, 3.63) is 12.4 Å². The number of ether oxygens (including phenoxy) is 1. The lowest BCUT2D eigenvalue weighted by Crippen LogP contribution is -2.36. The molecule has 1 fully saturated rings. The van der Waals surface area contributed by atoms with Crippen molar-refractivity contribution in [1.82, 2.24) is 4.98 Å². The summed E-state index contributed by atoms with van der Waals surface area (Å²) in [6, 6.07) is 0. The Morgan fingerprint density at radius 3 is 2.64 bits per heavy atom. The number of hydrogen-bond donors (Lipinski definition) is 2. The quantitative estimate of drug-likeness (QED) is 0.662. The highest BCUT2D eigenvalue weighted by Crippen LogP contribution is 2.27. The van der Waals surface area contributed by atoms with Gasteiger partial charge in [0.2, 0.25) is 0 Å². The Morgan fingerprint density at radius 1 is 1.21 bits per heavy atom. The summed E-state index contributed by atoms with van der Waals surface area (Å²) in [6.07, 6.45) is 3.32. The smallest absolute Gasteiger partial charge is 0.0817 e. The summed E-state index contributed by atoms with van der Waals surface area (Å²) >= 11 is 0. The van der Waals surface area contributed by atoms with Crippen LogP contribution in [0.4, 0.5) is 17.1 Å². The van der Waals surface area contributed by atoms with Crippen LogP contribution in [0.25, 0.3) is 0 Å². The summed E-state index contributed by atoms with van der Waals surface area (Å²) in [5.74, 6) is 0. The molecule has 0 saturated carbocycles. The molecule has 76 valence electrons. The number of nitrogens with two attached hydrogens (primary N) is 2. The van der Waals surface area contributed by atoms with Crippen molar-refractivity contribution in [3.8, 4) is 0 Å². The second-order valence-corrected chi connectivity index (χ2v) is 3.26. The summed E-state index contributed by atoms with van der Waals surface area (Å²) in [4.78, 5) is 6.17. The van der Waals surface area contributed by atoms with E-state index in [1.807, 2.05) is 0 Å². The molecule has 0 atom stereocenters. The minimum absolute atomic E-state index is 0.536. The van der Waals surface area contributed by atoms with Crippen molar-refractivity contribution in [2.75, 3.05) is 42.7 Å². The van der Waals surface area contributed by atoms with E-state index in [1.54, 1.807) is 12.4 Å². The zero-order valence-corrected chi connectivity index (χ0v) is 7.94. The lowest BCUT2D eigenvalue weighted by atomic mass is 10.2. The van der Waals surface area contributed by atoms with Crippen LogP contribution in [0.2, 0.25) is 0 Å². The van der Waals surface area contributed by atoms with Crippen molar-refractivity contribution in [2.45, 2.75) is 0 Å². The van der Waals surface area contributed by atoms with Crippen molar-refractivity contribution in [3.63, 3.8) is 0 Å². The Labute approximate surface area is 82.7 Å². The van der Waals surface area contributed by atoms with Gasteiger partial charge in [0.15, 0.2) is 0 Å². The molecular formula is C9H14N4O. The molecule has 2 rings (SSSR count). The van der Waals surface area contributed by atoms with Crippen LogP contribution in [-0.2, 0) is 4.74 Å². The van der Waals surface area contributed by atoms with Crippen LogP contribution in [0.1, 0.15) is 0 Å². The van der Waals surface area contributed by atoms with Crippen molar-refractivity contribution < 1.29 is 4.74 Å². The van der Waals surface area contributed by atoms with Gasteiger partial charge in [-0.05, 0) is 0 Å². The van der Waals surface area contributed by atoms with E-state index in [0.717, 1.165) is 32.0 Å². The topological polar surface area (TPSA) is 77.4 Å². The SMILES string of the molecule is Nc1cncc(N2CCOCC2)c1N. The lowest BCUT2D eigenvalue weighted by molar-refractivity contribution is 0.122. The third kappa shape index (κ3) is 1.58. The van der Waals surface area contributed by atoms with Crippen LogP contribution < -0.4 is 16.4 Å². The first kappa shape index (κ1) is 9.08. The fourth-order valence-corrected chi connectivity index (χ4v) is 1.53. The average Bonchev–Trinajstić information content (AvgIpc) is 2.23. The molecule has 0 spiro atoms. The molecule has 0 unspecified atom stereocenters. The van der Waals surface area contributed by atoms with Gasteiger partial charge in [-0.25, -0.2) is 0 Å². The van der Waals surface area contributed by atoms with Gasteiger partial charge in [-0.1, -0.05) is 0 Å². The van der Waals surface area contributed by atoms with Gasteiger partial charge in [-0.2, -0.15) is 0 Å². The van der Waals surface area contributed by atoms with Crippen molar-refractivity contribution >= 4 is 17.1 Å². The number of nitrogen functional groups attached to an aromatic ring is 2. The standard InChI is InChI=1S/C9H14N4O/c10-7-5-12-6-8(9(7)11)13-1-3-14-4-2-13/h5-6H,1-4,10H2,(H2,11,12). The molecule has 5 heteroatoms. The number of nitrogens with zero attached hydrogens (tertiary/aromatic N) is 2. The molecule has 4 N–H and O–H groups in total. The van der Waals surface area contributed by atoms with E-state index in [1.165, 1.54) is 0 Å². The molecule has 2 heterocycles. The van der Waals surface area contributed by atoms with Gasteiger partial charge in [0.1, 0.15) is 0 Å². The van der Waals surface area contributed by atoms with E-state index in [4.69, 9.17) is 16.2 Å². The minimum atomic E-state index is 0.536. The first-order chi connectivity index (χ1) is 6.79. The second kappa shape index (κ2) is 3.71. The third-order valence-corrected chi connectivity index (χ3v) is 2.35. The van der Waals surface area contributed by atoms with Gasteiger partial charge in [0, 0.05) is 13.1 Å². The molecule has 1 saturated heterocycles. The number of aromatic nitrogens is 1. The highest BCUT2D eigenvalue weighted by atomic mass is 16.5. The van der Waals surface area contributed by atoms with Crippen LogP contribution in [-0.4, -0.2) is 31.3 Å². The fourth-order valence-electron chi connectivity index (χ4n) is 1.53. The van der Waals surface area contributed by atoms with E-state index in [2.05, 4.69) is 9.88 Å². The van der Waals surface area contributed by atoms with Gasteiger partial charge in [0.25, 0.3) is 0 Å². The monoisotopic (exact) mass is 194 g/mol. The van der Waals surface area contributed by atoms with Crippen LogP contribution in [0.3, 0.4) is 0 Å². The molecule has 5 nitrogen and oxygen atoms in total. The fraction of sp³-hybridized carbons (Fsp3) is 0.444. The number of hydrogen-bond acceptors (Lipinski definition) is 5. The molecule has 1 aromatic rings. The third-order valence-electron chi connectivity index (χ3n) is 2.35. The Morgan fingerprint density at radius 2 is 1.93 bits per heavy atom. The molecule has 14 heavy (non-hydrogen) atoms. The highest BCUT2D eigenvalue weighted by Gasteiger charge is 2.14. The maximum absolute atomic E-state index is 5.87. The number of anilines is 3.